The van der Waals surface area contributed by atoms with Gasteiger partial charge in [0.2, 0.25) is 0 Å². The molecule has 6 nitrogen and oxygen atoms in total. The summed E-state index contributed by atoms with van der Waals surface area (Å²) in [7, 11) is 0. The van der Waals surface area contributed by atoms with E-state index >= 15 is 0 Å². The van der Waals surface area contributed by atoms with Gasteiger partial charge >= 0.3 is 6.09 Å². The van der Waals surface area contributed by atoms with Crippen molar-refractivity contribution in [2.24, 2.45) is 5.73 Å². The summed E-state index contributed by atoms with van der Waals surface area (Å²) in [4.78, 5) is 18.6. The van der Waals surface area contributed by atoms with Crippen molar-refractivity contribution in [3.8, 4) is 0 Å². The minimum absolute atomic E-state index is 0.212. The number of amides is 1. The second-order valence-electron chi connectivity index (χ2n) is 7.43. The van der Waals surface area contributed by atoms with Crippen LogP contribution in [0.4, 0.5) is 4.79 Å². The number of nitrogens with zero attached hydrogens (tertiary/aromatic N) is 3. The number of rotatable bonds is 1. The number of likely N-dealkylation sites (tertiary alicyclic amines) is 1. The number of aromatic nitrogens is 2. The Balaban J connectivity index is 1.69. The zero-order chi connectivity index (χ0) is 15.9. The second kappa shape index (κ2) is 5.57. The highest BCUT2D eigenvalue weighted by molar-refractivity contribution is 5.68. The van der Waals surface area contributed by atoms with Gasteiger partial charge in [-0.15, -0.1) is 0 Å². The number of carbonyl (C=O) groups excluding carboxylic acids is 1. The minimum Gasteiger partial charge on any atom is -0.444 e. The van der Waals surface area contributed by atoms with Crippen LogP contribution in [0, 0.1) is 0 Å². The number of hydrogen-bond donors (Lipinski definition) is 1. The van der Waals surface area contributed by atoms with Gasteiger partial charge in [0, 0.05) is 43.5 Å². The molecule has 3 heterocycles. The van der Waals surface area contributed by atoms with Crippen LogP contribution in [0.5, 0.6) is 0 Å². The smallest absolute Gasteiger partial charge is 0.410 e. The summed E-state index contributed by atoms with van der Waals surface area (Å²) < 4.78 is 7.72. The maximum Gasteiger partial charge on any atom is 0.410 e. The van der Waals surface area contributed by atoms with Crippen LogP contribution in [0.1, 0.15) is 51.0 Å². The summed E-state index contributed by atoms with van der Waals surface area (Å²) in [5.74, 6) is 1.36. The van der Waals surface area contributed by atoms with Gasteiger partial charge in [-0.3, -0.25) is 0 Å². The highest BCUT2D eigenvalue weighted by Crippen LogP contribution is 2.30. The van der Waals surface area contributed by atoms with Crippen molar-refractivity contribution in [2.75, 3.05) is 13.1 Å². The Kier molecular flexibility index (Phi) is 3.89. The molecular weight excluding hydrogens is 280 g/mol. The molecule has 2 aliphatic rings. The van der Waals surface area contributed by atoms with Crippen LogP contribution in [0.2, 0.25) is 0 Å². The van der Waals surface area contributed by atoms with Gasteiger partial charge in [0.05, 0.1) is 0 Å². The SMILES string of the molecule is CC(C)(C)OC(=O)N1CCC(c2ncc3n2CC(N)CC3)C1. The molecule has 122 valence electrons. The number of aryl methyl sites for hydroxylation is 1. The second-order valence-corrected chi connectivity index (χ2v) is 7.43. The summed E-state index contributed by atoms with van der Waals surface area (Å²) in [6.07, 6.45) is 4.70. The summed E-state index contributed by atoms with van der Waals surface area (Å²) in [5.41, 5.74) is 6.91. The Hall–Kier alpha value is -1.56. The molecule has 2 N–H and O–H groups in total. The van der Waals surface area contributed by atoms with Crippen molar-refractivity contribution < 1.29 is 9.53 Å². The van der Waals surface area contributed by atoms with E-state index in [9.17, 15) is 4.79 Å². The summed E-state index contributed by atoms with van der Waals surface area (Å²) in [6, 6.07) is 0.212. The zero-order valence-electron chi connectivity index (χ0n) is 13.7. The van der Waals surface area contributed by atoms with Crippen molar-refractivity contribution in [2.45, 2.75) is 64.1 Å². The Bertz CT molecular complexity index is 561. The zero-order valence-corrected chi connectivity index (χ0v) is 13.7. The van der Waals surface area contributed by atoms with Crippen molar-refractivity contribution >= 4 is 6.09 Å². The molecule has 2 atom stereocenters. The molecule has 0 aromatic carbocycles. The molecule has 1 saturated heterocycles. The van der Waals surface area contributed by atoms with Gasteiger partial charge in [0.15, 0.2) is 0 Å². The molecule has 1 aromatic heterocycles. The van der Waals surface area contributed by atoms with Crippen molar-refractivity contribution in [1.29, 1.82) is 0 Å². The van der Waals surface area contributed by atoms with E-state index in [1.165, 1.54) is 5.69 Å². The first-order chi connectivity index (χ1) is 10.3. The predicted molar refractivity (Wildman–Crippen MR) is 83.7 cm³/mol. The van der Waals surface area contributed by atoms with Crippen LogP contribution in [0.15, 0.2) is 6.20 Å². The molecule has 3 rings (SSSR count). The van der Waals surface area contributed by atoms with Crippen LogP contribution >= 0.6 is 0 Å². The van der Waals surface area contributed by atoms with Crippen LogP contribution in [-0.4, -0.2) is 45.3 Å². The molecule has 2 aliphatic heterocycles. The number of nitrogens with two attached hydrogens (primary N) is 1. The van der Waals surface area contributed by atoms with Crippen LogP contribution in [0.25, 0.3) is 0 Å². The van der Waals surface area contributed by atoms with Crippen LogP contribution < -0.4 is 5.73 Å². The third kappa shape index (κ3) is 3.11. The van der Waals surface area contributed by atoms with Crippen molar-refractivity contribution in [3.05, 3.63) is 17.7 Å². The van der Waals surface area contributed by atoms with E-state index in [0.29, 0.717) is 6.54 Å². The molecule has 1 fully saturated rings. The molecule has 1 amide bonds. The highest BCUT2D eigenvalue weighted by atomic mass is 16.6. The fraction of sp³-hybridized carbons (Fsp3) is 0.750. The van der Waals surface area contributed by atoms with Gasteiger partial charge in [-0.1, -0.05) is 0 Å². The molecule has 6 heteroatoms. The number of ether oxygens (including phenoxy) is 1. The van der Waals surface area contributed by atoms with Crippen molar-refractivity contribution in [3.63, 3.8) is 0 Å². The first-order valence-corrected chi connectivity index (χ1v) is 8.11. The topological polar surface area (TPSA) is 73.4 Å². The molecule has 0 aliphatic carbocycles. The van der Waals surface area contributed by atoms with E-state index in [1.54, 1.807) is 4.90 Å². The van der Waals surface area contributed by atoms with Crippen LogP contribution in [-0.2, 0) is 17.7 Å². The first kappa shape index (κ1) is 15.3. The van der Waals surface area contributed by atoms with Gasteiger partial charge in [-0.25, -0.2) is 9.78 Å². The molecule has 0 bridgehead atoms. The van der Waals surface area contributed by atoms with E-state index < -0.39 is 5.60 Å². The lowest BCUT2D eigenvalue weighted by molar-refractivity contribution is 0.0292. The van der Waals surface area contributed by atoms with Gasteiger partial charge in [-0.2, -0.15) is 0 Å². The summed E-state index contributed by atoms with van der Waals surface area (Å²) in [6.45, 7) is 7.93. The third-order valence-electron chi connectivity index (χ3n) is 4.36. The predicted octanol–water partition coefficient (Wildman–Crippen LogP) is 1.88. The average molecular weight is 306 g/mol. The van der Waals surface area contributed by atoms with E-state index in [1.807, 2.05) is 27.0 Å². The van der Waals surface area contributed by atoms with E-state index in [-0.39, 0.29) is 18.1 Å². The standard InChI is InChI=1S/C16H26N4O2/c1-16(2,3)22-15(21)19-7-6-11(9-19)14-18-8-13-5-4-12(17)10-20(13)14/h8,11-12H,4-7,9-10,17H2,1-3H3. The molecule has 1 aromatic rings. The lowest BCUT2D eigenvalue weighted by Gasteiger charge is -2.25. The normalized spacial score (nSPS) is 25.2. The fourth-order valence-electron chi connectivity index (χ4n) is 3.29. The number of hydrogen-bond acceptors (Lipinski definition) is 4. The molecular formula is C16H26N4O2. The monoisotopic (exact) mass is 306 g/mol. The highest BCUT2D eigenvalue weighted by Gasteiger charge is 2.33. The third-order valence-corrected chi connectivity index (χ3v) is 4.36. The molecule has 0 radical (unpaired) electrons. The molecule has 0 saturated carbocycles. The lowest BCUT2D eigenvalue weighted by Crippen LogP contribution is -2.35. The first-order valence-electron chi connectivity index (χ1n) is 8.11. The Morgan fingerprint density at radius 1 is 1.36 bits per heavy atom. The Morgan fingerprint density at radius 2 is 2.14 bits per heavy atom. The maximum atomic E-state index is 12.2. The van der Waals surface area contributed by atoms with Gasteiger partial charge in [-0.05, 0) is 40.0 Å². The summed E-state index contributed by atoms with van der Waals surface area (Å²) >= 11 is 0. The van der Waals surface area contributed by atoms with Crippen molar-refractivity contribution in [1.82, 2.24) is 14.5 Å². The number of carbonyl (C=O) groups is 1. The van der Waals surface area contributed by atoms with Gasteiger partial charge in [0.25, 0.3) is 0 Å². The van der Waals surface area contributed by atoms with E-state index in [4.69, 9.17) is 10.5 Å². The maximum absolute atomic E-state index is 12.2. The molecule has 22 heavy (non-hydrogen) atoms. The largest absolute Gasteiger partial charge is 0.444 e. The average Bonchev–Trinajstić information content (AvgIpc) is 3.01. The Labute approximate surface area is 131 Å². The lowest BCUT2D eigenvalue weighted by atomic mass is 10.0. The van der Waals surface area contributed by atoms with Crippen LogP contribution in [0.3, 0.4) is 0 Å². The fourth-order valence-corrected chi connectivity index (χ4v) is 3.29. The number of fused-ring (bicyclic) bond motifs is 1. The minimum atomic E-state index is -0.450. The Morgan fingerprint density at radius 3 is 2.86 bits per heavy atom. The molecule has 0 spiro atoms. The quantitative estimate of drug-likeness (QED) is 0.860. The van der Waals surface area contributed by atoms with Gasteiger partial charge < -0.3 is 19.9 Å². The number of imidazole rings is 1. The van der Waals surface area contributed by atoms with E-state index in [0.717, 1.165) is 38.2 Å². The molecule has 2 unspecified atom stereocenters. The van der Waals surface area contributed by atoms with Gasteiger partial charge in [0.1, 0.15) is 11.4 Å². The van der Waals surface area contributed by atoms with E-state index in [2.05, 4.69) is 9.55 Å². The summed E-state index contributed by atoms with van der Waals surface area (Å²) in [5, 5.41) is 0.